The summed E-state index contributed by atoms with van der Waals surface area (Å²) >= 11 is 0. The minimum atomic E-state index is -0.682. The molecule has 5 heteroatoms. The van der Waals surface area contributed by atoms with Crippen LogP contribution in [0.4, 0.5) is 4.39 Å². The van der Waals surface area contributed by atoms with Crippen molar-refractivity contribution in [1.82, 2.24) is 0 Å². The van der Waals surface area contributed by atoms with Gasteiger partial charge in [-0.1, -0.05) is 19.3 Å². The Morgan fingerprint density at radius 2 is 1.93 bits per heavy atom. The summed E-state index contributed by atoms with van der Waals surface area (Å²) in [7, 11) is 0. The van der Waals surface area contributed by atoms with Crippen molar-refractivity contribution >= 4 is 5.97 Å². The maximum atomic E-state index is 14.6. The fourth-order valence-electron chi connectivity index (χ4n) is 3.63. The Morgan fingerprint density at radius 3 is 2.48 bits per heavy atom. The van der Waals surface area contributed by atoms with Crippen molar-refractivity contribution in [3.63, 3.8) is 0 Å². The lowest BCUT2D eigenvalue weighted by Crippen LogP contribution is -2.29. The molecule has 0 unspecified atom stereocenters. The van der Waals surface area contributed by atoms with E-state index in [0.29, 0.717) is 5.75 Å². The predicted octanol–water partition coefficient (Wildman–Crippen LogP) is 5.51. The Balaban J connectivity index is 1.82. The number of benzene rings is 1. The van der Waals surface area contributed by atoms with Crippen molar-refractivity contribution in [3.8, 4) is 11.8 Å². The summed E-state index contributed by atoms with van der Waals surface area (Å²) in [6.07, 6.45) is 6.84. The van der Waals surface area contributed by atoms with E-state index in [4.69, 9.17) is 9.47 Å². The van der Waals surface area contributed by atoms with E-state index >= 15 is 0 Å². The zero-order valence-electron chi connectivity index (χ0n) is 16.4. The zero-order valence-corrected chi connectivity index (χ0v) is 16.4. The molecule has 2 aliphatic rings. The maximum absolute atomic E-state index is 14.6. The van der Waals surface area contributed by atoms with Crippen molar-refractivity contribution < 1.29 is 18.7 Å². The van der Waals surface area contributed by atoms with Crippen molar-refractivity contribution in [2.24, 2.45) is 5.41 Å². The molecule has 4 nitrogen and oxygen atoms in total. The SMILES string of the molecule is CC(C)(C)OC(=O)c1cc(C2CC2)c(OCC2(C#N)CCCCC2)cc1F. The fraction of sp³-hybridized carbons (Fsp3) is 0.636. The Labute approximate surface area is 160 Å². The van der Waals surface area contributed by atoms with E-state index in [2.05, 4.69) is 6.07 Å². The predicted molar refractivity (Wildman–Crippen MR) is 100 cm³/mol. The number of nitriles is 1. The smallest absolute Gasteiger partial charge is 0.341 e. The third kappa shape index (κ3) is 4.80. The molecule has 0 aromatic heterocycles. The van der Waals surface area contributed by atoms with Crippen LogP contribution in [0.15, 0.2) is 12.1 Å². The van der Waals surface area contributed by atoms with Crippen LogP contribution in [0.25, 0.3) is 0 Å². The number of halogens is 1. The quantitative estimate of drug-likeness (QED) is 0.638. The summed E-state index contributed by atoms with van der Waals surface area (Å²) in [5.74, 6) is -0.554. The Hall–Kier alpha value is -2.09. The van der Waals surface area contributed by atoms with Gasteiger partial charge in [0.15, 0.2) is 0 Å². The molecular formula is C22H28FNO3. The standard InChI is InChI=1S/C22H28FNO3/c1-21(2,3)27-20(25)17-11-16(15-7-8-15)19(12-18(17)23)26-14-22(13-24)9-5-4-6-10-22/h11-12,15H,4-10,14H2,1-3H3. The number of nitrogens with zero attached hydrogens (tertiary/aromatic N) is 1. The van der Waals surface area contributed by atoms with Gasteiger partial charge in [0.2, 0.25) is 0 Å². The van der Waals surface area contributed by atoms with E-state index in [9.17, 15) is 14.4 Å². The van der Waals surface area contributed by atoms with Gasteiger partial charge in [-0.15, -0.1) is 0 Å². The molecule has 0 spiro atoms. The van der Waals surface area contributed by atoms with Crippen LogP contribution >= 0.6 is 0 Å². The van der Waals surface area contributed by atoms with Crippen LogP contribution in [0, 0.1) is 22.6 Å². The number of ether oxygens (including phenoxy) is 2. The monoisotopic (exact) mass is 373 g/mol. The van der Waals surface area contributed by atoms with Gasteiger partial charge in [0.1, 0.15) is 23.8 Å². The van der Waals surface area contributed by atoms with Crippen LogP contribution in [0.5, 0.6) is 5.75 Å². The molecule has 2 saturated carbocycles. The first-order valence-corrected chi connectivity index (χ1v) is 9.84. The van der Waals surface area contributed by atoms with Gasteiger partial charge in [-0.05, 0) is 64.0 Å². The molecule has 2 aliphatic carbocycles. The molecule has 0 heterocycles. The first-order valence-electron chi connectivity index (χ1n) is 9.84. The van der Waals surface area contributed by atoms with Gasteiger partial charge in [-0.3, -0.25) is 0 Å². The summed E-state index contributed by atoms with van der Waals surface area (Å²) in [6, 6.07) is 5.30. The van der Waals surface area contributed by atoms with Crippen LogP contribution in [0.1, 0.15) is 87.6 Å². The van der Waals surface area contributed by atoms with E-state index in [1.54, 1.807) is 26.8 Å². The van der Waals surface area contributed by atoms with E-state index in [0.717, 1.165) is 50.5 Å². The van der Waals surface area contributed by atoms with Crippen LogP contribution < -0.4 is 4.74 Å². The number of carbonyl (C=O) groups excluding carboxylic acids is 1. The first kappa shape index (κ1) is 19.7. The van der Waals surface area contributed by atoms with E-state index in [1.807, 2.05) is 0 Å². The summed E-state index contributed by atoms with van der Waals surface area (Å²) < 4.78 is 25.9. The molecule has 1 aromatic carbocycles. The molecule has 0 N–H and O–H groups in total. The molecule has 0 atom stereocenters. The third-order valence-corrected chi connectivity index (χ3v) is 5.29. The van der Waals surface area contributed by atoms with Crippen molar-refractivity contribution in [3.05, 3.63) is 29.1 Å². The second kappa shape index (κ2) is 7.50. The molecule has 2 fully saturated rings. The number of hydrogen-bond acceptors (Lipinski definition) is 4. The normalized spacial score (nSPS) is 19.2. The van der Waals surface area contributed by atoms with Gasteiger partial charge in [0.05, 0.1) is 17.0 Å². The summed E-state index contributed by atoms with van der Waals surface area (Å²) in [6.45, 7) is 5.54. The molecule has 0 radical (unpaired) electrons. The van der Waals surface area contributed by atoms with E-state index in [-0.39, 0.29) is 18.1 Å². The molecule has 0 aliphatic heterocycles. The molecule has 1 aromatic rings. The zero-order chi connectivity index (χ0) is 19.7. The molecule has 0 bridgehead atoms. The highest BCUT2D eigenvalue weighted by molar-refractivity contribution is 5.90. The number of carbonyl (C=O) groups is 1. The average Bonchev–Trinajstić information content (AvgIpc) is 3.44. The van der Waals surface area contributed by atoms with E-state index in [1.165, 1.54) is 6.07 Å². The van der Waals surface area contributed by atoms with Crippen molar-refractivity contribution in [2.75, 3.05) is 6.61 Å². The highest BCUT2D eigenvalue weighted by Gasteiger charge is 2.35. The Bertz CT molecular complexity index is 750. The third-order valence-electron chi connectivity index (χ3n) is 5.29. The van der Waals surface area contributed by atoms with E-state index < -0.39 is 22.8 Å². The van der Waals surface area contributed by atoms with Crippen LogP contribution in [0.3, 0.4) is 0 Å². The molecule has 27 heavy (non-hydrogen) atoms. The molecule has 146 valence electrons. The summed E-state index contributed by atoms with van der Waals surface area (Å²) in [5.41, 5.74) is -0.370. The van der Waals surface area contributed by atoms with Crippen LogP contribution in [-0.2, 0) is 4.74 Å². The summed E-state index contributed by atoms with van der Waals surface area (Å²) in [5, 5.41) is 9.62. The maximum Gasteiger partial charge on any atom is 0.341 e. The van der Waals surface area contributed by atoms with Gasteiger partial charge < -0.3 is 9.47 Å². The molecule has 0 saturated heterocycles. The van der Waals surface area contributed by atoms with Gasteiger partial charge in [-0.25, -0.2) is 9.18 Å². The van der Waals surface area contributed by atoms with Gasteiger partial charge in [0, 0.05) is 6.07 Å². The lowest BCUT2D eigenvalue weighted by molar-refractivity contribution is 0.00645. The highest BCUT2D eigenvalue weighted by Crippen LogP contribution is 2.46. The van der Waals surface area contributed by atoms with Crippen molar-refractivity contribution in [1.29, 1.82) is 5.26 Å². The van der Waals surface area contributed by atoms with Crippen LogP contribution in [-0.4, -0.2) is 18.2 Å². The summed E-state index contributed by atoms with van der Waals surface area (Å²) in [4.78, 5) is 12.3. The van der Waals surface area contributed by atoms with Gasteiger partial charge in [-0.2, -0.15) is 5.26 Å². The number of esters is 1. The largest absolute Gasteiger partial charge is 0.492 e. The topological polar surface area (TPSA) is 59.3 Å². The lowest BCUT2D eigenvalue weighted by Gasteiger charge is -2.30. The second-order valence-electron chi connectivity index (χ2n) is 8.89. The number of hydrogen-bond donors (Lipinski definition) is 0. The Kier molecular flexibility index (Phi) is 5.46. The Morgan fingerprint density at radius 1 is 1.26 bits per heavy atom. The molecule has 0 amide bonds. The fourth-order valence-corrected chi connectivity index (χ4v) is 3.63. The van der Waals surface area contributed by atoms with Crippen molar-refractivity contribution in [2.45, 2.75) is 77.2 Å². The van der Waals surface area contributed by atoms with Gasteiger partial charge in [0.25, 0.3) is 0 Å². The minimum absolute atomic E-state index is 0.0492. The minimum Gasteiger partial charge on any atom is -0.492 e. The first-order chi connectivity index (χ1) is 12.7. The van der Waals surface area contributed by atoms with Crippen LogP contribution in [0.2, 0.25) is 0 Å². The second-order valence-corrected chi connectivity index (χ2v) is 8.89. The van der Waals surface area contributed by atoms with Gasteiger partial charge >= 0.3 is 5.97 Å². The highest BCUT2D eigenvalue weighted by atomic mass is 19.1. The average molecular weight is 373 g/mol. The molecule has 3 rings (SSSR count). The number of rotatable bonds is 5. The molecular weight excluding hydrogens is 345 g/mol. The lowest BCUT2D eigenvalue weighted by atomic mass is 9.76.